The Morgan fingerprint density at radius 1 is 1.31 bits per heavy atom. The standard InChI is InChI=1S/C13H20ClNS/c1-13(2,3)15-8-5-9-16-12-7-4-6-11(14)10-12/h4,6-7,10,15H,5,8-9H2,1-3H3. The van der Waals surface area contributed by atoms with E-state index in [9.17, 15) is 0 Å². The molecule has 0 atom stereocenters. The number of hydrogen-bond donors (Lipinski definition) is 1. The quantitative estimate of drug-likeness (QED) is 0.627. The molecule has 1 aromatic rings. The molecule has 16 heavy (non-hydrogen) atoms. The molecular weight excluding hydrogens is 238 g/mol. The van der Waals surface area contributed by atoms with Crippen molar-refractivity contribution in [2.75, 3.05) is 12.3 Å². The van der Waals surface area contributed by atoms with Crippen LogP contribution < -0.4 is 5.32 Å². The fraction of sp³-hybridized carbons (Fsp3) is 0.538. The summed E-state index contributed by atoms with van der Waals surface area (Å²) in [6.07, 6.45) is 1.18. The fourth-order valence-corrected chi connectivity index (χ4v) is 2.45. The first-order valence-corrected chi connectivity index (χ1v) is 6.97. The third-order valence-electron chi connectivity index (χ3n) is 2.04. The van der Waals surface area contributed by atoms with E-state index < -0.39 is 0 Å². The van der Waals surface area contributed by atoms with Gasteiger partial charge in [-0.05, 0) is 57.7 Å². The van der Waals surface area contributed by atoms with E-state index in [2.05, 4.69) is 32.2 Å². The highest BCUT2D eigenvalue weighted by Crippen LogP contribution is 2.21. The molecule has 0 amide bonds. The highest BCUT2D eigenvalue weighted by molar-refractivity contribution is 7.99. The topological polar surface area (TPSA) is 12.0 Å². The van der Waals surface area contributed by atoms with Gasteiger partial charge in [-0.1, -0.05) is 17.7 Å². The van der Waals surface area contributed by atoms with Crippen LogP contribution in [0.15, 0.2) is 29.2 Å². The summed E-state index contributed by atoms with van der Waals surface area (Å²) in [6.45, 7) is 7.64. The van der Waals surface area contributed by atoms with Gasteiger partial charge in [-0.15, -0.1) is 11.8 Å². The Kier molecular flexibility index (Phi) is 5.67. The van der Waals surface area contributed by atoms with Crippen LogP contribution in [0.4, 0.5) is 0 Å². The Morgan fingerprint density at radius 2 is 2.06 bits per heavy atom. The first kappa shape index (κ1) is 13.9. The summed E-state index contributed by atoms with van der Waals surface area (Å²) >= 11 is 7.78. The summed E-state index contributed by atoms with van der Waals surface area (Å²) in [5.74, 6) is 1.13. The zero-order chi connectivity index (χ0) is 12.0. The number of benzene rings is 1. The van der Waals surface area contributed by atoms with E-state index in [4.69, 9.17) is 11.6 Å². The first-order valence-electron chi connectivity index (χ1n) is 5.61. The normalized spacial score (nSPS) is 11.8. The van der Waals surface area contributed by atoms with Gasteiger partial charge in [0.05, 0.1) is 0 Å². The predicted octanol–water partition coefficient (Wildman–Crippen LogP) is 4.21. The van der Waals surface area contributed by atoms with Gasteiger partial charge < -0.3 is 5.32 Å². The van der Waals surface area contributed by atoms with Crippen molar-refractivity contribution in [3.05, 3.63) is 29.3 Å². The number of halogens is 1. The molecule has 1 rings (SSSR count). The van der Waals surface area contributed by atoms with Gasteiger partial charge in [0, 0.05) is 15.5 Å². The largest absolute Gasteiger partial charge is 0.312 e. The summed E-state index contributed by atoms with van der Waals surface area (Å²) in [5, 5.41) is 4.30. The Morgan fingerprint density at radius 3 is 2.69 bits per heavy atom. The molecule has 0 aliphatic carbocycles. The second-order valence-corrected chi connectivity index (χ2v) is 6.44. The molecule has 1 N–H and O–H groups in total. The Hall–Kier alpha value is -0.180. The van der Waals surface area contributed by atoms with E-state index >= 15 is 0 Å². The SMILES string of the molecule is CC(C)(C)NCCCSc1cccc(Cl)c1. The van der Waals surface area contributed by atoms with Gasteiger partial charge in [-0.25, -0.2) is 0 Å². The lowest BCUT2D eigenvalue weighted by Crippen LogP contribution is -2.36. The molecule has 0 spiro atoms. The third kappa shape index (κ3) is 6.41. The third-order valence-corrected chi connectivity index (χ3v) is 3.36. The maximum atomic E-state index is 5.92. The Labute approximate surface area is 108 Å². The molecule has 0 unspecified atom stereocenters. The van der Waals surface area contributed by atoms with Crippen molar-refractivity contribution >= 4 is 23.4 Å². The zero-order valence-electron chi connectivity index (χ0n) is 10.2. The van der Waals surface area contributed by atoms with E-state index in [0.29, 0.717) is 0 Å². The minimum atomic E-state index is 0.223. The van der Waals surface area contributed by atoms with E-state index in [1.54, 1.807) is 0 Å². The van der Waals surface area contributed by atoms with E-state index in [1.807, 2.05) is 30.0 Å². The monoisotopic (exact) mass is 257 g/mol. The molecule has 0 aliphatic heterocycles. The summed E-state index contributed by atoms with van der Waals surface area (Å²) in [6, 6.07) is 8.03. The molecule has 90 valence electrons. The highest BCUT2D eigenvalue weighted by atomic mass is 35.5. The van der Waals surface area contributed by atoms with Crippen LogP contribution >= 0.6 is 23.4 Å². The average Bonchev–Trinajstić information content (AvgIpc) is 2.15. The van der Waals surface area contributed by atoms with Gasteiger partial charge >= 0.3 is 0 Å². The van der Waals surface area contributed by atoms with Crippen LogP contribution in [0.1, 0.15) is 27.2 Å². The predicted molar refractivity (Wildman–Crippen MR) is 74.5 cm³/mol. The van der Waals surface area contributed by atoms with Gasteiger partial charge in [0.1, 0.15) is 0 Å². The Bertz CT molecular complexity index is 320. The molecular formula is C13H20ClNS. The lowest BCUT2D eigenvalue weighted by molar-refractivity contribution is 0.427. The lowest BCUT2D eigenvalue weighted by atomic mass is 10.1. The Balaban J connectivity index is 2.17. The average molecular weight is 258 g/mol. The number of hydrogen-bond acceptors (Lipinski definition) is 2. The summed E-state index contributed by atoms with van der Waals surface area (Å²) < 4.78 is 0. The fourth-order valence-electron chi connectivity index (χ4n) is 1.28. The molecule has 1 aromatic carbocycles. The molecule has 3 heteroatoms. The number of nitrogens with one attached hydrogen (secondary N) is 1. The van der Waals surface area contributed by atoms with Crippen molar-refractivity contribution in [3.63, 3.8) is 0 Å². The molecule has 0 radical (unpaired) electrons. The molecule has 0 saturated heterocycles. The van der Waals surface area contributed by atoms with Crippen LogP contribution in [0, 0.1) is 0 Å². The van der Waals surface area contributed by atoms with Gasteiger partial charge in [0.2, 0.25) is 0 Å². The molecule has 0 aliphatic rings. The first-order chi connectivity index (χ1) is 7.47. The second kappa shape index (κ2) is 6.53. The van der Waals surface area contributed by atoms with Gasteiger partial charge in [0.15, 0.2) is 0 Å². The zero-order valence-corrected chi connectivity index (χ0v) is 11.8. The second-order valence-electron chi connectivity index (χ2n) is 4.84. The molecule has 0 saturated carbocycles. The van der Waals surface area contributed by atoms with Crippen molar-refractivity contribution in [2.45, 2.75) is 37.6 Å². The lowest BCUT2D eigenvalue weighted by Gasteiger charge is -2.20. The van der Waals surface area contributed by atoms with Gasteiger partial charge in [-0.2, -0.15) is 0 Å². The minimum absolute atomic E-state index is 0.223. The maximum absolute atomic E-state index is 5.92. The molecule has 1 nitrogen and oxygen atoms in total. The minimum Gasteiger partial charge on any atom is -0.312 e. The van der Waals surface area contributed by atoms with Crippen LogP contribution in [-0.4, -0.2) is 17.8 Å². The number of thioether (sulfide) groups is 1. The summed E-state index contributed by atoms with van der Waals surface area (Å²) in [4.78, 5) is 1.25. The summed E-state index contributed by atoms with van der Waals surface area (Å²) in [7, 11) is 0. The van der Waals surface area contributed by atoms with Crippen LogP contribution in [0.3, 0.4) is 0 Å². The molecule has 0 fully saturated rings. The van der Waals surface area contributed by atoms with Crippen molar-refractivity contribution in [1.82, 2.24) is 5.32 Å². The van der Waals surface area contributed by atoms with Crippen molar-refractivity contribution in [1.29, 1.82) is 0 Å². The van der Waals surface area contributed by atoms with Crippen molar-refractivity contribution < 1.29 is 0 Å². The van der Waals surface area contributed by atoms with Gasteiger partial charge in [-0.3, -0.25) is 0 Å². The molecule has 0 heterocycles. The van der Waals surface area contributed by atoms with E-state index in [0.717, 1.165) is 17.3 Å². The molecule has 0 aromatic heterocycles. The van der Waals surface area contributed by atoms with Crippen molar-refractivity contribution in [3.8, 4) is 0 Å². The highest BCUT2D eigenvalue weighted by Gasteiger charge is 2.06. The van der Waals surface area contributed by atoms with Crippen LogP contribution in [0.2, 0.25) is 5.02 Å². The number of rotatable bonds is 5. The van der Waals surface area contributed by atoms with Crippen molar-refractivity contribution in [2.24, 2.45) is 0 Å². The van der Waals surface area contributed by atoms with Crippen LogP contribution in [0.25, 0.3) is 0 Å². The maximum Gasteiger partial charge on any atom is 0.0417 e. The van der Waals surface area contributed by atoms with Crippen LogP contribution in [0.5, 0.6) is 0 Å². The molecule has 0 bridgehead atoms. The smallest absolute Gasteiger partial charge is 0.0417 e. The summed E-state index contributed by atoms with van der Waals surface area (Å²) in [5.41, 5.74) is 0.223. The van der Waals surface area contributed by atoms with Gasteiger partial charge in [0.25, 0.3) is 0 Å². The van der Waals surface area contributed by atoms with Crippen LogP contribution in [-0.2, 0) is 0 Å². The van der Waals surface area contributed by atoms with E-state index in [1.165, 1.54) is 11.3 Å². The van der Waals surface area contributed by atoms with E-state index in [-0.39, 0.29) is 5.54 Å².